The zero-order chi connectivity index (χ0) is 25.0. The zero-order valence-corrected chi connectivity index (χ0v) is 20.2. The molecule has 0 spiro atoms. The van der Waals surface area contributed by atoms with Crippen molar-refractivity contribution in [3.63, 3.8) is 0 Å². The van der Waals surface area contributed by atoms with Crippen molar-refractivity contribution in [2.75, 3.05) is 25.5 Å². The van der Waals surface area contributed by atoms with Crippen LogP contribution in [0.1, 0.15) is 29.9 Å². The van der Waals surface area contributed by atoms with Gasteiger partial charge in [-0.3, -0.25) is 4.79 Å². The fourth-order valence-corrected chi connectivity index (χ4v) is 5.83. The maximum Gasteiger partial charge on any atom is 0.248 e. The molecule has 1 aromatic heterocycles. The SMILES string of the molecule is COc1ccccc1NC(=O)C1CCCN(S(=O)(=O)c2c(C)noc2C=Cc2ccccc2F)C1. The summed E-state index contributed by atoms with van der Waals surface area (Å²) >= 11 is 0. The van der Waals surface area contributed by atoms with E-state index in [1.807, 2.05) is 0 Å². The number of aryl methyl sites for hydroxylation is 1. The van der Waals surface area contributed by atoms with E-state index < -0.39 is 21.8 Å². The van der Waals surface area contributed by atoms with Gasteiger partial charge in [-0.15, -0.1) is 0 Å². The Morgan fingerprint density at radius 1 is 1.20 bits per heavy atom. The molecule has 8 nitrogen and oxygen atoms in total. The van der Waals surface area contributed by atoms with E-state index >= 15 is 0 Å². The van der Waals surface area contributed by atoms with Crippen LogP contribution >= 0.6 is 0 Å². The van der Waals surface area contributed by atoms with Crippen LogP contribution in [-0.2, 0) is 14.8 Å². The van der Waals surface area contributed by atoms with Crippen LogP contribution in [0, 0.1) is 18.7 Å². The molecule has 184 valence electrons. The summed E-state index contributed by atoms with van der Waals surface area (Å²) in [6.07, 6.45) is 3.90. The van der Waals surface area contributed by atoms with E-state index in [-0.39, 0.29) is 40.9 Å². The van der Waals surface area contributed by atoms with Gasteiger partial charge in [0.25, 0.3) is 0 Å². The van der Waals surface area contributed by atoms with Gasteiger partial charge < -0.3 is 14.6 Å². The Balaban J connectivity index is 1.55. The fourth-order valence-electron chi connectivity index (χ4n) is 4.06. The monoisotopic (exact) mass is 499 g/mol. The summed E-state index contributed by atoms with van der Waals surface area (Å²) in [5, 5.41) is 6.66. The minimum atomic E-state index is -4.02. The number of carbonyl (C=O) groups excluding carboxylic acids is 1. The van der Waals surface area contributed by atoms with Crippen LogP contribution in [0.5, 0.6) is 5.75 Å². The average Bonchev–Trinajstić information content (AvgIpc) is 3.25. The lowest BCUT2D eigenvalue weighted by Gasteiger charge is -2.31. The molecule has 3 aromatic rings. The summed E-state index contributed by atoms with van der Waals surface area (Å²) in [6.45, 7) is 1.82. The topological polar surface area (TPSA) is 102 Å². The van der Waals surface area contributed by atoms with Gasteiger partial charge >= 0.3 is 0 Å². The minimum Gasteiger partial charge on any atom is -0.495 e. The van der Waals surface area contributed by atoms with Gasteiger partial charge in [0.05, 0.1) is 18.7 Å². The largest absolute Gasteiger partial charge is 0.495 e. The summed E-state index contributed by atoms with van der Waals surface area (Å²) < 4.78 is 52.9. The van der Waals surface area contributed by atoms with Crippen molar-refractivity contribution in [1.29, 1.82) is 0 Å². The quantitative estimate of drug-likeness (QED) is 0.519. The molecule has 35 heavy (non-hydrogen) atoms. The van der Waals surface area contributed by atoms with Crippen molar-refractivity contribution in [2.45, 2.75) is 24.7 Å². The van der Waals surface area contributed by atoms with Crippen LogP contribution in [0.15, 0.2) is 57.9 Å². The number of para-hydroxylation sites is 2. The molecule has 1 amide bonds. The number of piperidine rings is 1. The molecule has 0 radical (unpaired) electrons. The summed E-state index contributed by atoms with van der Waals surface area (Å²) in [6, 6.07) is 13.2. The highest BCUT2D eigenvalue weighted by Crippen LogP contribution is 2.30. The lowest BCUT2D eigenvalue weighted by Crippen LogP contribution is -2.43. The maximum absolute atomic E-state index is 14.0. The lowest BCUT2D eigenvalue weighted by molar-refractivity contribution is -0.120. The predicted molar refractivity (Wildman–Crippen MR) is 130 cm³/mol. The van der Waals surface area contributed by atoms with Crippen LogP contribution in [0.2, 0.25) is 0 Å². The normalized spacial score (nSPS) is 16.9. The van der Waals surface area contributed by atoms with Crippen LogP contribution in [0.25, 0.3) is 12.2 Å². The number of halogens is 1. The molecule has 1 aliphatic heterocycles. The Hall–Kier alpha value is -3.50. The number of ether oxygens (including phenoxy) is 1. The molecule has 0 saturated carbocycles. The molecule has 4 rings (SSSR count). The van der Waals surface area contributed by atoms with Crippen molar-refractivity contribution in [3.8, 4) is 5.75 Å². The molecule has 2 aromatic carbocycles. The van der Waals surface area contributed by atoms with Crippen LogP contribution in [0.3, 0.4) is 0 Å². The number of carbonyl (C=O) groups is 1. The number of anilines is 1. The Labute approximate surface area is 203 Å². The molecule has 0 aliphatic carbocycles. The molecule has 1 fully saturated rings. The zero-order valence-electron chi connectivity index (χ0n) is 19.4. The summed E-state index contributed by atoms with van der Waals surface area (Å²) in [4.78, 5) is 12.9. The number of nitrogens with one attached hydrogen (secondary N) is 1. The maximum atomic E-state index is 14.0. The smallest absolute Gasteiger partial charge is 0.248 e. The molecule has 1 unspecified atom stereocenters. The van der Waals surface area contributed by atoms with E-state index in [0.29, 0.717) is 24.3 Å². The van der Waals surface area contributed by atoms with Gasteiger partial charge in [0.2, 0.25) is 15.9 Å². The van der Waals surface area contributed by atoms with E-state index in [1.165, 1.54) is 36.6 Å². The van der Waals surface area contributed by atoms with Crippen LogP contribution in [-0.4, -0.2) is 44.0 Å². The second-order valence-corrected chi connectivity index (χ2v) is 10.1. The molecule has 1 aliphatic rings. The highest BCUT2D eigenvalue weighted by molar-refractivity contribution is 7.89. The van der Waals surface area contributed by atoms with Crippen molar-refractivity contribution < 1.29 is 26.9 Å². The second-order valence-electron chi connectivity index (χ2n) is 8.21. The number of rotatable bonds is 7. The average molecular weight is 500 g/mol. The van der Waals surface area contributed by atoms with Gasteiger partial charge in [0.15, 0.2) is 10.7 Å². The van der Waals surface area contributed by atoms with E-state index in [2.05, 4.69) is 10.5 Å². The third kappa shape index (κ3) is 5.28. The highest BCUT2D eigenvalue weighted by atomic mass is 32.2. The second kappa shape index (κ2) is 10.4. The number of aromatic nitrogens is 1. The lowest BCUT2D eigenvalue weighted by atomic mass is 9.98. The van der Waals surface area contributed by atoms with Crippen LogP contribution in [0.4, 0.5) is 10.1 Å². The number of methoxy groups -OCH3 is 1. The van der Waals surface area contributed by atoms with Gasteiger partial charge in [0.1, 0.15) is 17.3 Å². The van der Waals surface area contributed by atoms with Gasteiger partial charge in [-0.25, -0.2) is 12.8 Å². The Bertz CT molecular complexity index is 1350. The molecule has 1 N–H and O–H groups in total. The molecule has 10 heteroatoms. The first-order valence-corrected chi connectivity index (χ1v) is 12.6. The molecule has 0 bridgehead atoms. The Morgan fingerprint density at radius 3 is 2.71 bits per heavy atom. The van der Waals surface area contributed by atoms with Crippen molar-refractivity contribution in [3.05, 3.63) is 71.4 Å². The molecular formula is C25H26FN3O5S. The van der Waals surface area contributed by atoms with Crippen molar-refractivity contribution in [2.24, 2.45) is 5.92 Å². The number of nitrogens with zero attached hydrogens (tertiary/aromatic N) is 2. The minimum absolute atomic E-state index is 0.00588. The Morgan fingerprint density at radius 2 is 1.94 bits per heavy atom. The van der Waals surface area contributed by atoms with E-state index in [4.69, 9.17) is 9.26 Å². The van der Waals surface area contributed by atoms with E-state index in [1.54, 1.807) is 42.5 Å². The summed E-state index contributed by atoms with van der Waals surface area (Å²) in [7, 11) is -2.51. The third-order valence-corrected chi connectivity index (χ3v) is 7.89. The van der Waals surface area contributed by atoms with Gasteiger partial charge in [-0.2, -0.15) is 4.31 Å². The predicted octanol–water partition coefficient (Wildman–Crippen LogP) is 4.34. The van der Waals surface area contributed by atoms with Crippen molar-refractivity contribution >= 4 is 33.8 Å². The number of hydrogen-bond donors (Lipinski definition) is 1. The molecule has 1 atom stereocenters. The summed E-state index contributed by atoms with van der Waals surface area (Å²) in [5.41, 5.74) is 1.00. The molecular weight excluding hydrogens is 473 g/mol. The van der Waals surface area contributed by atoms with Gasteiger partial charge in [0, 0.05) is 18.7 Å². The van der Waals surface area contributed by atoms with Gasteiger partial charge in [-0.1, -0.05) is 35.5 Å². The van der Waals surface area contributed by atoms with Crippen molar-refractivity contribution in [1.82, 2.24) is 9.46 Å². The first kappa shape index (κ1) is 24.6. The van der Waals surface area contributed by atoms with E-state index in [0.717, 1.165) is 0 Å². The van der Waals surface area contributed by atoms with E-state index in [9.17, 15) is 17.6 Å². The first-order chi connectivity index (χ1) is 16.8. The number of benzene rings is 2. The standard InChI is InChI=1S/C25H26FN3O5S/c1-17-24(23(34-28-17)14-13-18-8-3-4-10-20(18)26)35(31,32)29-15-7-9-19(16-29)25(30)27-21-11-5-6-12-22(21)33-2/h3-6,8,10-14,19H,7,9,15-16H2,1-2H3,(H,27,30). The van der Waals surface area contributed by atoms with Crippen LogP contribution < -0.4 is 10.1 Å². The molecule has 2 heterocycles. The highest BCUT2D eigenvalue weighted by Gasteiger charge is 2.37. The number of hydrogen-bond acceptors (Lipinski definition) is 6. The number of sulfonamides is 1. The first-order valence-electron chi connectivity index (χ1n) is 11.1. The Kier molecular flexibility index (Phi) is 7.32. The summed E-state index contributed by atoms with van der Waals surface area (Å²) in [5.74, 6) is -0.736. The number of amides is 1. The third-order valence-electron chi connectivity index (χ3n) is 5.87. The fraction of sp³-hybridized carbons (Fsp3) is 0.280. The molecule has 1 saturated heterocycles. The van der Waals surface area contributed by atoms with Gasteiger partial charge in [-0.05, 0) is 50.1 Å².